The summed E-state index contributed by atoms with van der Waals surface area (Å²) in [4.78, 5) is 6.17. The van der Waals surface area contributed by atoms with Crippen molar-refractivity contribution >= 4 is 11.3 Å². The van der Waals surface area contributed by atoms with E-state index < -0.39 is 0 Å². The van der Waals surface area contributed by atoms with E-state index in [1.807, 2.05) is 0 Å². The third-order valence-corrected chi connectivity index (χ3v) is 4.24. The van der Waals surface area contributed by atoms with E-state index >= 15 is 0 Å². The first-order valence-corrected chi connectivity index (χ1v) is 6.86. The number of hydrogen-bond acceptors (Lipinski definition) is 3. The molecule has 3 heteroatoms. The van der Waals surface area contributed by atoms with Gasteiger partial charge < -0.3 is 5.73 Å². The van der Waals surface area contributed by atoms with Gasteiger partial charge in [-0.25, -0.2) is 4.98 Å². The zero-order chi connectivity index (χ0) is 11.8. The van der Waals surface area contributed by atoms with E-state index in [0.717, 1.165) is 10.9 Å². The molecule has 1 aliphatic rings. The minimum atomic E-state index is 0.591. The van der Waals surface area contributed by atoms with Crippen molar-refractivity contribution in [3.05, 3.63) is 40.4 Å². The number of benzene rings is 1. The van der Waals surface area contributed by atoms with Crippen LogP contribution in [0.5, 0.6) is 0 Å². The number of nitrogens with two attached hydrogens (primary N) is 1. The second-order valence-corrected chi connectivity index (χ2v) is 5.84. The summed E-state index contributed by atoms with van der Waals surface area (Å²) in [6, 6.07) is 8.39. The van der Waals surface area contributed by atoms with Crippen LogP contribution >= 0.6 is 11.3 Å². The van der Waals surface area contributed by atoms with E-state index in [4.69, 9.17) is 10.7 Å². The molecule has 0 spiro atoms. The van der Waals surface area contributed by atoms with Gasteiger partial charge in [0.1, 0.15) is 5.01 Å². The molecule has 17 heavy (non-hydrogen) atoms. The maximum absolute atomic E-state index is 5.67. The van der Waals surface area contributed by atoms with Gasteiger partial charge in [-0.05, 0) is 31.4 Å². The van der Waals surface area contributed by atoms with Crippen molar-refractivity contribution in [1.82, 2.24) is 4.98 Å². The molecule has 1 aliphatic carbocycles. The highest BCUT2D eigenvalue weighted by Crippen LogP contribution is 2.43. The molecule has 1 aromatic heterocycles. The number of nitrogens with zero attached hydrogens (tertiary/aromatic N) is 1. The Balaban J connectivity index is 1.99. The van der Waals surface area contributed by atoms with Crippen molar-refractivity contribution in [3.63, 3.8) is 0 Å². The summed E-state index contributed by atoms with van der Waals surface area (Å²) < 4.78 is 0. The first-order valence-electron chi connectivity index (χ1n) is 6.04. The van der Waals surface area contributed by atoms with E-state index in [0.29, 0.717) is 6.54 Å². The van der Waals surface area contributed by atoms with Gasteiger partial charge in [0.05, 0.1) is 5.69 Å². The van der Waals surface area contributed by atoms with Crippen molar-refractivity contribution in [3.8, 4) is 10.6 Å². The molecule has 88 valence electrons. The lowest BCUT2D eigenvalue weighted by Gasteiger charge is -1.99. The van der Waals surface area contributed by atoms with Crippen LogP contribution in [0, 0.1) is 6.92 Å². The van der Waals surface area contributed by atoms with Crippen LogP contribution in [0.4, 0.5) is 0 Å². The van der Waals surface area contributed by atoms with Crippen molar-refractivity contribution < 1.29 is 0 Å². The van der Waals surface area contributed by atoms with Crippen LogP contribution < -0.4 is 5.73 Å². The molecule has 1 heterocycles. The average molecular weight is 244 g/mol. The van der Waals surface area contributed by atoms with Gasteiger partial charge >= 0.3 is 0 Å². The van der Waals surface area contributed by atoms with E-state index in [1.165, 1.54) is 34.5 Å². The summed E-state index contributed by atoms with van der Waals surface area (Å²) in [7, 11) is 0. The summed E-state index contributed by atoms with van der Waals surface area (Å²) in [6.07, 6.45) is 2.62. The van der Waals surface area contributed by atoms with Crippen molar-refractivity contribution in [2.24, 2.45) is 5.73 Å². The van der Waals surface area contributed by atoms with E-state index in [2.05, 4.69) is 31.2 Å². The van der Waals surface area contributed by atoms with Crippen LogP contribution in [0.1, 0.15) is 34.9 Å². The number of thiazole rings is 1. The second-order valence-electron chi connectivity index (χ2n) is 4.64. The zero-order valence-electron chi connectivity index (χ0n) is 9.94. The highest BCUT2D eigenvalue weighted by molar-refractivity contribution is 7.15. The van der Waals surface area contributed by atoms with E-state index in [-0.39, 0.29) is 0 Å². The van der Waals surface area contributed by atoms with Crippen molar-refractivity contribution in [2.75, 3.05) is 0 Å². The Morgan fingerprint density at radius 1 is 1.41 bits per heavy atom. The molecule has 2 N–H and O–H groups in total. The summed E-state index contributed by atoms with van der Waals surface area (Å²) >= 11 is 1.80. The minimum absolute atomic E-state index is 0.591. The standard InChI is InChI=1S/C14H16N2S/c1-9-13(11-5-6-11)16-14(17-9)12-4-2-3-10(7-12)8-15/h2-4,7,11H,5-6,8,15H2,1H3. The van der Waals surface area contributed by atoms with Gasteiger partial charge in [-0.2, -0.15) is 0 Å². The molecular weight excluding hydrogens is 228 g/mol. The average Bonchev–Trinajstić information content (AvgIpc) is 3.13. The lowest BCUT2D eigenvalue weighted by Crippen LogP contribution is -1.95. The van der Waals surface area contributed by atoms with Gasteiger partial charge in [-0.1, -0.05) is 18.2 Å². The first-order chi connectivity index (χ1) is 8.28. The molecule has 2 aromatic rings. The highest BCUT2D eigenvalue weighted by Gasteiger charge is 2.28. The third kappa shape index (κ3) is 2.13. The fraction of sp³-hybridized carbons (Fsp3) is 0.357. The van der Waals surface area contributed by atoms with Gasteiger partial charge in [0.2, 0.25) is 0 Å². The Kier molecular flexibility index (Phi) is 2.73. The smallest absolute Gasteiger partial charge is 0.123 e. The highest BCUT2D eigenvalue weighted by atomic mass is 32.1. The van der Waals surface area contributed by atoms with Crippen LogP contribution in [0.25, 0.3) is 10.6 Å². The molecule has 3 rings (SSSR count). The summed E-state index contributed by atoms with van der Waals surface area (Å²) in [5.74, 6) is 0.734. The molecular formula is C14H16N2S. The van der Waals surface area contributed by atoms with Crippen LogP contribution in [0.2, 0.25) is 0 Å². The van der Waals surface area contributed by atoms with Gasteiger partial charge in [0.25, 0.3) is 0 Å². The predicted octanol–water partition coefficient (Wildman–Crippen LogP) is 3.45. The Morgan fingerprint density at radius 2 is 2.24 bits per heavy atom. The third-order valence-electron chi connectivity index (χ3n) is 3.21. The van der Waals surface area contributed by atoms with Crippen LogP contribution in [-0.4, -0.2) is 4.98 Å². The van der Waals surface area contributed by atoms with Crippen LogP contribution in [0.3, 0.4) is 0 Å². The lowest BCUT2D eigenvalue weighted by molar-refractivity contribution is 1.03. The van der Waals surface area contributed by atoms with Gasteiger partial charge in [0, 0.05) is 22.9 Å². The van der Waals surface area contributed by atoms with Crippen LogP contribution in [0.15, 0.2) is 24.3 Å². The lowest BCUT2D eigenvalue weighted by atomic mass is 10.1. The topological polar surface area (TPSA) is 38.9 Å². The fourth-order valence-electron chi connectivity index (χ4n) is 2.10. The quantitative estimate of drug-likeness (QED) is 0.898. The van der Waals surface area contributed by atoms with Gasteiger partial charge in [-0.3, -0.25) is 0 Å². The predicted molar refractivity (Wildman–Crippen MR) is 72.2 cm³/mol. The number of aromatic nitrogens is 1. The van der Waals surface area contributed by atoms with Crippen molar-refractivity contribution in [2.45, 2.75) is 32.2 Å². The maximum atomic E-state index is 5.67. The Hall–Kier alpha value is -1.19. The molecule has 0 amide bonds. The normalized spacial score (nSPS) is 15.2. The van der Waals surface area contributed by atoms with Gasteiger partial charge in [0.15, 0.2) is 0 Å². The Labute approximate surface area is 106 Å². The summed E-state index contributed by atoms with van der Waals surface area (Å²) in [5.41, 5.74) is 9.37. The zero-order valence-corrected chi connectivity index (χ0v) is 10.8. The van der Waals surface area contributed by atoms with E-state index in [1.54, 1.807) is 11.3 Å². The largest absolute Gasteiger partial charge is 0.326 e. The number of hydrogen-bond donors (Lipinski definition) is 1. The SMILES string of the molecule is Cc1sc(-c2cccc(CN)c2)nc1C1CC1. The summed E-state index contributed by atoms with van der Waals surface area (Å²) in [6.45, 7) is 2.77. The summed E-state index contributed by atoms with van der Waals surface area (Å²) in [5, 5.41) is 1.14. The molecule has 1 aromatic carbocycles. The molecule has 1 fully saturated rings. The molecule has 1 saturated carbocycles. The minimum Gasteiger partial charge on any atom is -0.326 e. The molecule has 2 nitrogen and oxygen atoms in total. The molecule has 0 atom stereocenters. The van der Waals surface area contributed by atoms with Crippen LogP contribution in [-0.2, 0) is 6.54 Å². The fourth-order valence-corrected chi connectivity index (χ4v) is 3.09. The Morgan fingerprint density at radius 3 is 2.94 bits per heavy atom. The van der Waals surface area contributed by atoms with Crippen molar-refractivity contribution in [1.29, 1.82) is 0 Å². The molecule has 0 saturated heterocycles. The molecule has 0 unspecified atom stereocenters. The Bertz CT molecular complexity index is 541. The van der Waals surface area contributed by atoms with Gasteiger partial charge in [-0.15, -0.1) is 11.3 Å². The number of rotatable bonds is 3. The first kappa shape index (κ1) is 10.9. The number of aryl methyl sites for hydroxylation is 1. The maximum Gasteiger partial charge on any atom is 0.123 e. The molecule has 0 bridgehead atoms. The monoisotopic (exact) mass is 244 g/mol. The molecule has 0 radical (unpaired) electrons. The molecule has 0 aliphatic heterocycles. The second kappa shape index (κ2) is 4.24. The van der Waals surface area contributed by atoms with E-state index in [9.17, 15) is 0 Å².